The maximum atomic E-state index is 13.2. The first-order chi connectivity index (χ1) is 11.8. The van der Waals surface area contributed by atoms with Crippen LogP contribution in [0, 0.1) is 12.7 Å². The van der Waals surface area contributed by atoms with E-state index in [1.165, 1.54) is 30.3 Å². The Morgan fingerprint density at radius 1 is 1.16 bits per heavy atom. The molecule has 0 bridgehead atoms. The van der Waals surface area contributed by atoms with Gasteiger partial charge < -0.3 is 0 Å². The van der Waals surface area contributed by atoms with Crippen molar-refractivity contribution in [3.05, 3.63) is 64.4 Å². The van der Waals surface area contributed by atoms with E-state index >= 15 is 0 Å². The van der Waals surface area contributed by atoms with Crippen molar-refractivity contribution in [2.24, 2.45) is 0 Å². The third-order valence-electron chi connectivity index (χ3n) is 4.71. The molecular formula is C18H17ClFNO3S. The van der Waals surface area contributed by atoms with Crippen molar-refractivity contribution < 1.29 is 17.6 Å². The summed E-state index contributed by atoms with van der Waals surface area (Å²) in [4.78, 5) is 12.7. The standard InChI is InChI=1S/C18H17ClFNO3S/c1-12-4-2-5-15(16(12)19)25(23,24)21-17(22)18(10-3-11-18)13-6-8-14(20)9-7-13/h2,4-9H,3,10-11H2,1H3,(H,21,22). The lowest BCUT2D eigenvalue weighted by Crippen LogP contribution is -2.50. The van der Waals surface area contributed by atoms with Gasteiger partial charge in [-0.3, -0.25) is 4.79 Å². The maximum Gasteiger partial charge on any atom is 0.265 e. The Kier molecular flexibility index (Phi) is 4.60. The summed E-state index contributed by atoms with van der Waals surface area (Å²) in [5, 5.41) is 0.0900. The molecule has 0 atom stereocenters. The van der Waals surface area contributed by atoms with Crippen LogP contribution in [0.3, 0.4) is 0 Å². The summed E-state index contributed by atoms with van der Waals surface area (Å²) in [5.74, 6) is -1.01. The van der Waals surface area contributed by atoms with E-state index in [1.54, 1.807) is 19.1 Å². The maximum absolute atomic E-state index is 13.2. The molecule has 0 saturated heterocycles. The van der Waals surface area contributed by atoms with Crippen molar-refractivity contribution in [3.63, 3.8) is 0 Å². The number of benzene rings is 2. The Morgan fingerprint density at radius 2 is 1.80 bits per heavy atom. The average molecular weight is 382 g/mol. The molecule has 0 spiro atoms. The highest BCUT2D eigenvalue weighted by atomic mass is 35.5. The third kappa shape index (κ3) is 3.16. The van der Waals surface area contributed by atoms with Gasteiger partial charge in [-0.15, -0.1) is 0 Å². The number of carbonyl (C=O) groups excluding carboxylic acids is 1. The molecule has 1 aliphatic carbocycles. The van der Waals surface area contributed by atoms with Crippen LogP contribution in [0.2, 0.25) is 5.02 Å². The molecule has 1 fully saturated rings. The van der Waals surface area contributed by atoms with Crippen LogP contribution in [0.4, 0.5) is 4.39 Å². The Hall–Kier alpha value is -1.92. The van der Waals surface area contributed by atoms with Gasteiger partial charge in [0, 0.05) is 0 Å². The molecule has 132 valence electrons. The van der Waals surface area contributed by atoms with E-state index in [0.29, 0.717) is 24.0 Å². The molecule has 1 aliphatic rings. The van der Waals surface area contributed by atoms with Crippen molar-refractivity contribution in [1.29, 1.82) is 0 Å². The van der Waals surface area contributed by atoms with Gasteiger partial charge in [0.15, 0.2) is 0 Å². The van der Waals surface area contributed by atoms with Crippen LogP contribution in [-0.2, 0) is 20.2 Å². The molecule has 1 N–H and O–H groups in total. The van der Waals surface area contributed by atoms with E-state index in [9.17, 15) is 17.6 Å². The molecule has 4 nitrogen and oxygen atoms in total. The summed E-state index contributed by atoms with van der Waals surface area (Å²) >= 11 is 6.09. The zero-order valence-electron chi connectivity index (χ0n) is 13.6. The van der Waals surface area contributed by atoms with Gasteiger partial charge in [-0.2, -0.15) is 0 Å². The highest BCUT2D eigenvalue weighted by Gasteiger charge is 2.47. The molecule has 2 aromatic rings. The molecule has 0 radical (unpaired) electrons. The smallest absolute Gasteiger partial charge is 0.265 e. The highest BCUT2D eigenvalue weighted by Crippen LogP contribution is 2.44. The number of aryl methyl sites for hydroxylation is 1. The molecule has 7 heteroatoms. The number of hydrogen-bond acceptors (Lipinski definition) is 3. The molecule has 1 saturated carbocycles. The van der Waals surface area contributed by atoms with Gasteiger partial charge >= 0.3 is 0 Å². The van der Waals surface area contributed by atoms with Gasteiger partial charge in [-0.1, -0.05) is 42.3 Å². The monoisotopic (exact) mass is 381 g/mol. The van der Waals surface area contributed by atoms with Crippen molar-refractivity contribution in [2.75, 3.05) is 0 Å². The second kappa shape index (κ2) is 6.42. The van der Waals surface area contributed by atoms with E-state index in [2.05, 4.69) is 4.72 Å². The zero-order chi connectivity index (χ0) is 18.2. The third-order valence-corrected chi connectivity index (χ3v) is 6.70. The molecule has 2 aromatic carbocycles. The second-order valence-corrected chi connectivity index (χ2v) is 8.29. The first kappa shape index (κ1) is 17.9. The topological polar surface area (TPSA) is 63.2 Å². The van der Waals surface area contributed by atoms with Gasteiger partial charge in [0.1, 0.15) is 10.7 Å². The van der Waals surface area contributed by atoms with Crippen molar-refractivity contribution >= 4 is 27.5 Å². The largest absolute Gasteiger partial charge is 0.273 e. The summed E-state index contributed by atoms with van der Waals surface area (Å²) < 4.78 is 40.5. The van der Waals surface area contributed by atoms with Crippen LogP contribution in [0.5, 0.6) is 0 Å². The van der Waals surface area contributed by atoms with Crippen molar-refractivity contribution in [3.8, 4) is 0 Å². The van der Waals surface area contributed by atoms with Crippen molar-refractivity contribution in [1.82, 2.24) is 4.72 Å². The second-order valence-electron chi connectivity index (χ2n) is 6.26. The molecular weight excluding hydrogens is 365 g/mol. The van der Waals surface area contributed by atoms with E-state index in [0.717, 1.165) is 6.42 Å². The number of amides is 1. The van der Waals surface area contributed by atoms with Gasteiger partial charge in [-0.05, 0) is 49.1 Å². The summed E-state index contributed by atoms with van der Waals surface area (Å²) in [6.07, 6.45) is 1.83. The Balaban J connectivity index is 1.92. The van der Waals surface area contributed by atoms with Gasteiger partial charge in [0.05, 0.1) is 10.4 Å². The van der Waals surface area contributed by atoms with E-state index in [-0.39, 0.29) is 9.92 Å². The predicted octanol–water partition coefficient (Wildman–Crippen LogP) is 3.71. The minimum Gasteiger partial charge on any atom is -0.273 e. The summed E-state index contributed by atoms with van der Waals surface area (Å²) in [6, 6.07) is 10.2. The number of hydrogen-bond donors (Lipinski definition) is 1. The minimum absolute atomic E-state index is 0.0900. The van der Waals surface area contributed by atoms with E-state index < -0.39 is 27.2 Å². The fourth-order valence-corrected chi connectivity index (χ4v) is 4.68. The molecule has 0 unspecified atom stereocenters. The van der Waals surface area contributed by atoms with Crippen LogP contribution < -0.4 is 4.72 Å². The van der Waals surface area contributed by atoms with E-state index in [4.69, 9.17) is 11.6 Å². The number of carbonyl (C=O) groups is 1. The minimum atomic E-state index is -4.09. The SMILES string of the molecule is Cc1cccc(S(=O)(=O)NC(=O)C2(c3ccc(F)cc3)CCC2)c1Cl. The van der Waals surface area contributed by atoms with E-state index in [1.807, 2.05) is 0 Å². The quantitative estimate of drug-likeness (QED) is 0.878. The van der Waals surface area contributed by atoms with Crippen molar-refractivity contribution in [2.45, 2.75) is 36.5 Å². The Labute approximate surface area is 151 Å². The van der Waals surface area contributed by atoms with Gasteiger partial charge in [0.2, 0.25) is 5.91 Å². The van der Waals surface area contributed by atoms with Crippen LogP contribution in [-0.4, -0.2) is 14.3 Å². The molecule has 0 aromatic heterocycles. The molecule has 25 heavy (non-hydrogen) atoms. The van der Waals surface area contributed by atoms with Gasteiger partial charge in [0.25, 0.3) is 10.0 Å². The molecule has 3 rings (SSSR count). The highest BCUT2D eigenvalue weighted by molar-refractivity contribution is 7.90. The first-order valence-corrected chi connectivity index (χ1v) is 9.71. The van der Waals surface area contributed by atoms with Crippen LogP contribution in [0.25, 0.3) is 0 Å². The van der Waals surface area contributed by atoms with Crippen LogP contribution >= 0.6 is 11.6 Å². The summed E-state index contributed by atoms with van der Waals surface area (Å²) in [7, 11) is -4.09. The summed E-state index contributed by atoms with van der Waals surface area (Å²) in [6.45, 7) is 1.69. The Morgan fingerprint density at radius 3 is 2.36 bits per heavy atom. The predicted molar refractivity (Wildman–Crippen MR) is 93.4 cm³/mol. The fourth-order valence-electron chi connectivity index (χ4n) is 3.05. The molecule has 1 amide bonds. The number of halogens is 2. The molecule has 0 heterocycles. The van der Waals surface area contributed by atoms with Crippen LogP contribution in [0.15, 0.2) is 47.4 Å². The van der Waals surface area contributed by atoms with Crippen LogP contribution in [0.1, 0.15) is 30.4 Å². The Bertz CT molecular complexity index is 922. The lowest BCUT2D eigenvalue weighted by molar-refractivity contribution is -0.128. The molecule has 0 aliphatic heterocycles. The normalized spacial score (nSPS) is 16.1. The first-order valence-electron chi connectivity index (χ1n) is 7.85. The average Bonchev–Trinajstić information content (AvgIpc) is 2.50. The summed E-state index contributed by atoms with van der Waals surface area (Å²) in [5.41, 5.74) is 0.272. The van der Waals surface area contributed by atoms with Gasteiger partial charge in [-0.25, -0.2) is 17.5 Å². The number of sulfonamides is 1. The number of rotatable bonds is 4. The lowest BCUT2D eigenvalue weighted by Gasteiger charge is -2.40. The zero-order valence-corrected chi connectivity index (χ0v) is 15.1. The lowest BCUT2D eigenvalue weighted by atomic mass is 9.64. The fraction of sp³-hybridized carbons (Fsp3) is 0.278. The number of nitrogens with one attached hydrogen (secondary N) is 1.